The number of amides is 1. The van der Waals surface area contributed by atoms with Crippen molar-refractivity contribution in [1.29, 1.82) is 0 Å². The second-order valence-electron chi connectivity index (χ2n) is 7.00. The molecule has 2 heterocycles. The molecule has 0 spiro atoms. The monoisotopic (exact) mass is 379 g/mol. The van der Waals surface area contributed by atoms with Crippen LogP contribution in [0.1, 0.15) is 25.8 Å². The van der Waals surface area contributed by atoms with E-state index >= 15 is 0 Å². The van der Waals surface area contributed by atoms with Crippen molar-refractivity contribution in [2.45, 2.75) is 57.1 Å². The van der Waals surface area contributed by atoms with Crippen LogP contribution in [0.2, 0.25) is 0 Å². The smallest absolute Gasteiger partial charge is 0.407 e. The van der Waals surface area contributed by atoms with Gasteiger partial charge in [0.2, 0.25) is 0 Å². The molecule has 2 saturated heterocycles. The van der Waals surface area contributed by atoms with E-state index < -0.39 is 30.2 Å². The molecule has 8 heteroatoms. The van der Waals surface area contributed by atoms with Gasteiger partial charge in [-0.25, -0.2) is 4.79 Å². The third-order valence-corrected chi connectivity index (χ3v) is 4.50. The van der Waals surface area contributed by atoms with Crippen LogP contribution in [0.15, 0.2) is 30.3 Å². The lowest BCUT2D eigenvalue weighted by Crippen LogP contribution is -2.40. The van der Waals surface area contributed by atoms with E-state index in [4.69, 9.17) is 23.7 Å². The predicted octanol–water partition coefficient (Wildman–Crippen LogP) is 1.76. The quantitative estimate of drug-likeness (QED) is 0.753. The van der Waals surface area contributed by atoms with Gasteiger partial charge in [-0.2, -0.15) is 0 Å². The minimum absolute atomic E-state index is 0.0616. The number of rotatable bonds is 6. The van der Waals surface area contributed by atoms with Gasteiger partial charge < -0.3 is 29.0 Å². The summed E-state index contributed by atoms with van der Waals surface area (Å²) in [6.07, 6.45) is -2.21. The van der Waals surface area contributed by atoms with Gasteiger partial charge in [0.05, 0.1) is 19.6 Å². The molecular formula is C19H25NO7. The van der Waals surface area contributed by atoms with Crippen LogP contribution in [0, 0.1) is 0 Å². The normalized spacial score (nSPS) is 28.4. The molecule has 0 radical (unpaired) electrons. The summed E-state index contributed by atoms with van der Waals surface area (Å²) in [5.41, 5.74) is 0.900. The van der Waals surface area contributed by atoms with E-state index in [1.807, 2.05) is 30.3 Å². The molecule has 0 aromatic heterocycles. The van der Waals surface area contributed by atoms with Crippen LogP contribution in [-0.2, 0) is 35.1 Å². The van der Waals surface area contributed by atoms with Crippen molar-refractivity contribution >= 4 is 12.1 Å². The van der Waals surface area contributed by atoms with Crippen molar-refractivity contribution < 1.29 is 33.3 Å². The molecule has 0 bridgehead atoms. The van der Waals surface area contributed by atoms with Gasteiger partial charge >= 0.3 is 12.1 Å². The number of carbonyl (C=O) groups is 2. The second-order valence-corrected chi connectivity index (χ2v) is 7.00. The Kier molecular flexibility index (Phi) is 5.98. The lowest BCUT2D eigenvalue weighted by atomic mass is 10.1. The first-order valence-corrected chi connectivity index (χ1v) is 8.90. The fourth-order valence-electron chi connectivity index (χ4n) is 3.31. The Morgan fingerprint density at radius 3 is 2.44 bits per heavy atom. The first kappa shape index (κ1) is 19.6. The Balaban J connectivity index is 1.52. The summed E-state index contributed by atoms with van der Waals surface area (Å²) in [5.74, 6) is -1.16. The van der Waals surface area contributed by atoms with Gasteiger partial charge in [-0.05, 0) is 19.4 Å². The number of benzene rings is 1. The third-order valence-electron chi connectivity index (χ3n) is 4.50. The zero-order valence-electron chi connectivity index (χ0n) is 15.7. The zero-order chi connectivity index (χ0) is 19.4. The number of hydrogen-bond acceptors (Lipinski definition) is 7. The average molecular weight is 379 g/mol. The number of ether oxygens (including phenoxy) is 5. The largest absolute Gasteiger partial charge is 0.469 e. The third kappa shape index (κ3) is 4.97. The summed E-state index contributed by atoms with van der Waals surface area (Å²) < 4.78 is 27.6. The van der Waals surface area contributed by atoms with E-state index in [1.165, 1.54) is 7.11 Å². The van der Waals surface area contributed by atoms with Crippen LogP contribution in [0.25, 0.3) is 0 Å². The minimum atomic E-state index is -0.778. The molecule has 2 unspecified atom stereocenters. The molecule has 1 N–H and O–H groups in total. The van der Waals surface area contributed by atoms with Crippen molar-refractivity contribution in [3.8, 4) is 0 Å². The Labute approximate surface area is 158 Å². The van der Waals surface area contributed by atoms with Crippen LogP contribution in [0.4, 0.5) is 4.79 Å². The van der Waals surface area contributed by atoms with Gasteiger partial charge in [-0.15, -0.1) is 0 Å². The van der Waals surface area contributed by atoms with Crippen LogP contribution >= 0.6 is 0 Å². The number of esters is 1. The maximum atomic E-state index is 12.0. The summed E-state index contributed by atoms with van der Waals surface area (Å²) in [7, 11) is 1.33. The fraction of sp³-hybridized carbons (Fsp3) is 0.579. The van der Waals surface area contributed by atoms with Crippen molar-refractivity contribution in [3.63, 3.8) is 0 Å². The number of fused-ring (bicyclic) bond motifs is 1. The van der Waals surface area contributed by atoms with Crippen LogP contribution in [-0.4, -0.2) is 55.9 Å². The molecule has 1 amide bonds. The molecule has 8 nitrogen and oxygen atoms in total. The highest BCUT2D eigenvalue weighted by Gasteiger charge is 2.55. The van der Waals surface area contributed by atoms with E-state index in [9.17, 15) is 9.59 Å². The maximum absolute atomic E-state index is 12.0. The number of nitrogens with one attached hydrogen (secondary N) is 1. The highest BCUT2D eigenvalue weighted by molar-refractivity contribution is 5.70. The summed E-state index contributed by atoms with van der Waals surface area (Å²) in [5, 5.41) is 2.68. The molecular weight excluding hydrogens is 354 g/mol. The Morgan fingerprint density at radius 1 is 1.11 bits per heavy atom. The molecule has 4 atom stereocenters. The van der Waals surface area contributed by atoms with Crippen LogP contribution in [0.3, 0.4) is 0 Å². The van der Waals surface area contributed by atoms with Crippen molar-refractivity contribution in [1.82, 2.24) is 5.32 Å². The zero-order valence-corrected chi connectivity index (χ0v) is 15.7. The number of alkyl carbamates (subject to hydrolysis) is 1. The van der Waals surface area contributed by atoms with E-state index in [0.29, 0.717) is 0 Å². The van der Waals surface area contributed by atoms with E-state index in [-0.39, 0.29) is 31.6 Å². The molecule has 3 rings (SSSR count). The average Bonchev–Trinajstić information content (AvgIpc) is 3.12. The summed E-state index contributed by atoms with van der Waals surface area (Å²) in [6.45, 7) is 3.98. The first-order valence-electron chi connectivity index (χ1n) is 8.90. The molecule has 148 valence electrons. The lowest BCUT2D eigenvalue weighted by molar-refractivity contribution is -0.189. The van der Waals surface area contributed by atoms with Gasteiger partial charge in [0, 0.05) is 6.54 Å². The first-order chi connectivity index (χ1) is 12.9. The van der Waals surface area contributed by atoms with E-state index in [2.05, 4.69) is 5.32 Å². The lowest BCUT2D eigenvalue weighted by Gasteiger charge is -2.24. The molecule has 2 fully saturated rings. The Morgan fingerprint density at radius 2 is 1.78 bits per heavy atom. The molecule has 2 aliphatic rings. The summed E-state index contributed by atoms with van der Waals surface area (Å²) in [6, 6.07) is 9.41. The molecule has 1 aromatic rings. The van der Waals surface area contributed by atoms with Crippen molar-refractivity contribution in [2.24, 2.45) is 0 Å². The highest BCUT2D eigenvalue weighted by atomic mass is 16.8. The molecule has 1 aromatic carbocycles. The number of carbonyl (C=O) groups excluding carboxylic acids is 2. The van der Waals surface area contributed by atoms with Gasteiger partial charge in [-0.3, -0.25) is 4.79 Å². The Bertz CT molecular complexity index is 663. The predicted molar refractivity (Wildman–Crippen MR) is 93.7 cm³/mol. The Hall–Kier alpha value is -2.16. The minimum Gasteiger partial charge on any atom is -0.469 e. The van der Waals surface area contributed by atoms with Gasteiger partial charge in [0.25, 0.3) is 0 Å². The standard InChI is InChI=1S/C19H25NO7/c1-19(2)26-16-13(9-15(21)23-3)25-14(17(16)27-19)10-20-18(22)24-11-12-7-5-4-6-8-12/h4-8,13-14,16-17H,9-11H2,1-3H3,(H,20,22)/t13?,14-,16?,17-/m1/s1. The fourth-order valence-corrected chi connectivity index (χ4v) is 3.31. The number of hydrogen-bond donors (Lipinski definition) is 1. The summed E-state index contributed by atoms with van der Waals surface area (Å²) in [4.78, 5) is 23.6. The highest BCUT2D eigenvalue weighted by Crippen LogP contribution is 2.39. The molecule has 27 heavy (non-hydrogen) atoms. The summed E-state index contributed by atoms with van der Waals surface area (Å²) >= 11 is 0. The van der Waals surface area contributed by atoms with Gasteiger partial charge in [0.1, 0.15) is 24.9 Å². The van der Waals surface area contributed by atoms with E-state index in [1.54, 1.807) is 13.8 Å². The van der Waals surface area contributed by atoms with Crippen molar-refractivity contribution in [3.05, 3.63) is 35.9 Å². The molecule has 0 saturated carbocycles. The second kappa shape index (κ2) is 8.24. The van der Waals surface area contributed by atoms with Crippen LogP contribution < -0.4 is 5.32 Å². The molecule has 2 aliphatic heterocycles. The van der Waals surface area contributed by atoms with Gasteiger partial charge in [-0.1, -0.05) is 30.3 Å². The number of methoxy groups -OCH3 is 1. The maximum Gasteiger partial charge on any atom is 0.407 e. The van der Waals surface area contributed by atoms with Crippen molar-refractivity contribution in [2.75, 3.05) is 13.7 Å². The van der Waals surface area contributed by atoms with Gasteiger partial charge in [0.15, 0.2) is 5.79 Å². The molecule has 0 aliphatic carbocycles. The van der Waals surface area contributed by atoms with E-state index in [0.717, 1.165) is 5.56 Å². The SMILES string of the molecule is COC(=O)CC1O[C@H](CNC(=O)OCc2ccccc2)[C@H]2OC(C)(C)OC12. The van der Waals surface area contributed by atoms with Crippen LogP contribution in [0.5, 0.6) is 0 Å². The topological polar surface area (TPSA) is 92.3 Å².